The van der Waals surface area contributed by atoms with Crippen LogP contribution in [0.5, 0.6) is 0 Å². The summed E-state index contributed by atoms with van der Waals surface area (Å²) >= 11 is 0. The molecule has 8 heteroatoms. The van der Waals surface area contributed by atoms with Gasteiger partial charge in [0.1, 0.15) is 6.61 Å². The van der Waals surface area contributed by atoms with E-state index >= 15 is 0 Å². The molecule has 128 valence electrons. The number of hydrogen-bond acceptors (Lipinski definition) is 4. The lowest BCUT2D eigenvalue weighted by Crippen LogP contribution is -2.53. The number of aliphatic hydroxyl groups excluding tert-OH is 1. The number of alkyl halides is 3. The highest BCUT2D eigenvalue weighted by molar-refractivity contribution is 5.76. The molecule has 0 aromatic rings. The number of amides is 1. The summed E-state index contributed by atoms with van der Waals surface area (Å²) in [6.45, 7) is 1.00. The van der Waals surface area contributed by atoms with Gasteiger partial charge in [-0.15, -0.1) is 0 Å². The van der Waals surface area contributed by atoms with Crippen molar-refractivity contribution < 1.29 is 27.8 Å². The monoisotopic (exact) mass is 324 g/mol. The summed E-state index contributed by atoms with van der Waals surface area (Å²) in [5, 5.41) is 9.89. The molecular weight excluding hydrogens is 301 g/mol. The van der Waals surface area contributed by atoms with E-state index in [4.69, 9.17) is 0 Å². The van der Waals surface area contributed by atoms with Crippen molar-refractivity contribution in [3.8, 4) is 0 Å². The van der Waals surface area contributed by atoms with Gasteiger partial charge in [-0.25, -0.2) is 0 Å². The molecule has 2 fully saturated rings. The Morgan fingerprint density at radius 3 is 2.41 bits per heavy atom. The highest BCUT2D eigenvalue weighted by atomic mass is 19.4. The van der Waals surface area contributed by atoms with Gasteiger partial charge in [0.05, 0.1) is 19.1 Å². The Labute approximate surface area is 128 Å². The fraction of sp³-hybridized carbons (Fsp3) is 0.929. The molecule has 22 heavy (non-hydrogen) atoms. The van der Waals surface area contributed by atoms with E-state index in [9.17, 15) is 23.1 Å². The molecule has 2 atom stereocenters. The summed E-state index contributed by atoms with van der Waals surface area (Å²) in [7, 11) is 0. The Bertz CT molecular complexity index is 371. The largest absolute Gasteiger partial charge is 0.411 e. The van der Waals surface area contributed by atoms with Crippen molar-refractivity contribution >= 4 is 5.91 Å². The van der Waals surface area contributed by atoms with Crippen LogP contribution < -0.4 is 0 Å². The van der Waals surface area contributed by atoms with Gasteiger partial charge in [-0.1, -0.05) is 0 Å². The maximum atomic E-state index is 11.9. The van der Waals surface area contributed by atoms with Gasteiger partial charge >= 0.3 is 6.18 Å². The topological polar surface area (TPSA) is 53.0 Å². The standard InChI is InChI=1S/C14H23F3N2O3/c15-14(16,17)10-22-9-4-13(21)19-7-5-18(6-8-19)11-2-1-3-12(11)20/h11-12,20H,1-10H2/t11-,12+/m1/s1. The van der Waals surface area contributed by atoms with E-state index in [1.807, 2.05) is 0 Å². The fourth-order valence-electron chi connectivity index (χ4n) is 3.16. The van der Waals surface area contributed by atoms with E-state index in [-0.39, 0.29) is 31.1 Å². The van der Waals surface area contributed by atoms with Gasteiger partial charge in [-0.2, -0.15) is 13.2 Å². The molecule has 0 radical (unpaired) electrons. The van der Waals surface area contributed by atoms with Crippen molar-refractivity contribution in [2.45, 2.75) is 44.0 Å². The highest BCUT2D eigenvalue weighted by Crippen LogP contribution is 2.25. The van der Waals surface area contributed by atoms with Crippen LogP contribution in [0, 0.1) is 0 Å². The third kappa shape index (κ3) is 5.10. The summed E-state index contributed by atoms with van der Waals surface area (Å²) < 4.78 is 40.2. The molecule has 0 aromatic heterocycles. The minimum atomic E-state index is -4.35. The average molecular weight is 324 g/mol. The van der Waals surface area contributed by atoms with Crippen LogP contribution in [-0.4, -0.2) is 78.5 Å². The molecule has 1 aliphatic heterocycles. The molecule has 1 heterocycles. The Kier molecular flexibility index (Phi) is 6.05. The van der Waals surface area contributed by atoms with Crippen molar-refractivity contribution in [2.75, 3.05) is 39.4 Å². The van der Waals surface area contributed by atoms with Gasteiger partial charge in [0.25, 0.3) is 0 Å². The van der Waals surface area contributed by atoms with Crippen LogP contribution in [0.2, 0.25) is 0 Å². The van der Waals surface area contributed by atoms with E-state index < -0.39 is 12.8 Å². The molecule has 2 rings (SSSR count). The number of carbonyl (C=O) groups is 1. The molecule has 0 aromatic carbocycles. The molecule has 1 amide bonds. The highest BCUT2D eigenvalue weighted by Gasteiger charge is 2.33. The first-order valence-electron chi connectivity index (χ1n) is 7.71. The summed E-state index contributed by atoms with van der Waals surface area (Å²) in [5.74, 6) is -0.172. The van der Waals surface area contributed by atoms with Crippen LogP contribution in [0.1, 0.15) is 25.7 Å². The molecule has 2 aliphatic rings. The zero-order valence-corrected chi connectivity index (χ0v) is 12.5. The minimum absolute atomic E-state index is 0.0257. The normalized spacial score (nSPS) is 27.4. The molecular formula is C14H23F3N2O3. The summed E-state index contributed by atoms with van der Waals surface area (Å²) in [6.07, 6.45) is -1.81. The predicted molar refractivity (Wildman–Crippen MR) is 73.3 cm³/mol. The number of piperazine rings is 1. The van der Waals surface area contributed by atoms with E-state index in [0.717, 1.165) is 19.3 Å². The third-order valence-corrected chi connectivity index (χ3v) is 4.31. The second kappa shape index (κ2) is 7.61. The van der Waals surface area contributed by atoms with Crippen LogP contribution in [0.3, 0.4) is 0 Å². The predicted octanol–water partition coefficient (Wildman–Crippen LogP) is 1.01. The Morgan fingerprint density at radius 2 is 1.86 bits per heavy atom. The number of nitrogens with zero attached hydrogens (tertiary/aromatic N) is 2. The number of aliphatic hydroxyl groups is 1. The van der Waals surface area contributed by atoms with Gasteiger partial charge in [0.2, 0.25) is 5.91 Å². The summed E-state index contributed by atoms with van der Waals surface area (Å²) in [6, 6.07) is 0.187. The SMILES string of the molecule is O=C(CCOCC(F)(F)F)N1CCN([C@@H]2CCC[C@@H]2O)CC1. The lowest BCUT2D eigenvalue weighted by molar-refractivity contribution is -0.175. The molecule has 1 saturated heterocycles. The smallest absolute Gasteiger partial charge is 0.391 e. The Hall–Kier alpha value is -0.860. The fourth-order valence-corrected chi connectivity index (χ4v) is 3.16. The molecule has 1 N–H and O–H groups in total. The van der Waals surface area contributed by atoms with Crippen molar-refractivity contribution in [2.24, 2.45) is 0 Å². The summed E-state index contributed by atoms with van der Waals surface area (Å²) in [5.41, 5.74) is 0. The van der Waals surface area contributed by atoms with E-state index in [0.29, 0.717) is 26.2 Å². The minimum Gasteiger partial charge on any atom is -0.391 e. The van der Waals surface area contributed by atoms with Crippen LogP contribution in [0.25, 0.3) is 0 Å². The number of hydrogen-bond donors (Lipinski definition) is 1. The Balaban J connectivity index is 1.64. The van der Waals surface area contributed by atoms with Crippen LogP contribution in [0.15, 0.2) is 0 Å². The lowest BCUT2D eigenvalue weighted by atomic mass is 10.1. The van der Waals surface area contributed by atoms with Crippen LogP contribution in [0.4, 0.5) is 13.2 Å². The second-order valence-corrected chi connectivity index (χ2v) is 5.90. The van der Waals surface area contributed by atoms with Crippen molar-refractivity contribution in [1.29, 1.82) is 0 Å². The van der Waals surface area contributed by atoms with Gasteiger partial charge in [0, 0.05) is 32.2 Å². The molecule has 0 spiro atoms. The van der Waals surface area contributed by atoms with Gasteiger partial charge in [-0.3, -0.25) is 9.69 Å². The molecule has 1 saturated carbocycles. The number of rotatable bonds is 5. The van der Waals surface area contributed by atoms with Gasteiger partial charge in [0.15, 0.2) is 0 Å². The zero-order chi connectivity index (χ0) is 16.2. The lowest BCUT2D eigenvalue weighted by Gasteiger charge is -2.39. The van der Waals surface area contributed by atoms with Crippen LogP contribution >= 0.6 is 0 Å². The van der Waals surface area contributed by atoms with Crippen molar-refractivity contribution in [1.82, 2.24) is 9.80 Å². The van der Waals surface area contributed by atoms with Gasteiger partial charge < -0.3 is 14.7 Å². The number of carbonyl (C=O) groups excluding carboxylic acids is 1. The maximum Gasteiger partial charge on any atom is 0.411 e. The molecule has 5 nitrogen and oxygen atoms in total. The van der Waals surface area contributed by atoms with E-state index in [2.05, 4.69) is 9.64 Å². The maximum absolute atomic E-state index is 11.9. The average Bonchev–Trinajstić information content (AvgIpc) is 2.89. The van der Waals surface area contributed by atoms with Crippen molar-refractivity contribution in [3.05, 3.63) is 0 Å². The number of ether oxygens (including phenoxy) is 1. The molecule has 0 unspecified atom stereocenters. The van der Waals surface area contributed by atoms with Crippen molar-refractivity contribution in [3.63, 3.8) is 0 Å². The first kappa shape index (κ1) is 17.5. The van der Waals surface area contributed by atoms with Gasteiger partial charge in [-0.05, 0) is 19.3 Å². The summed E-state index contributed by atoms with van der Waals surface area (Å²) in [4.78, 5) is 15.8. The first-order chi connectivity index (χ1) is 10.4. The van der Waals surface area contributed by atoms with E-state index in [1.54, 1.807) is 4.90 Å². The molecule has 1 aliphatic carbocycles. The molecule has 0 bridgehead atoms. The number of halogens is 3. The third-order valence-electron chi connectivity index (χ3n) is 4.31. The Morgan fingerprint density at radius 1 is 1.18 bits per heavy atom. The first-order valence-corrected chi connectivity index (χ1v) is 7.71. The van der Waals surface area contributed by atoms with Crippen LogP contribution in [-0.2, 0) is 9.53 Å². The van der Waals surface area contributed by atoms with E-state index in [1.165, 1.54) is 0 Å². The second-order valence-electron chi connectivity index (χ2n) is 5.90. The quantitative estimate of drug-likeness (QED) is 0.767. The zero-order valence-electron chi connectivity index (χ0n) is 12.5.